The highest BCUT2D eigenvalue weighted by molar-refractivity contribution is 7.17. The third-order valence-electron chi connectivity index (χ3n) is 4.38. The molecule has 146 valence electrons. The molecule has 0 bridgehead atoms. The van der Waals surface area contributed by atoms with Crippen molar-refractivity contribution in [1.29, 1.82) is 0 Å². The SMILES string of the molecule is COc1ccc(-c2nc(C)c(C(=O)NCc3ccccc3CN(C)C)s2)cc1. The fraction of sp³-hybridized carbons (Fsp3) is 0.273. The molecule has 1 heterocycles. The first-order valence-electron chi connectivity index (χ1n) is 9.09. The van der Waals surface area contributed by atoms with Gasteiger partial charge in [0.2, 0.25) is 0 Å². The second-order valence-corrected chi connectivity index (χ2v) is 7.85. The maximum atomic E-state index is 12.7. The van der Waals surface area contributed by atoms with Crippen molar-refractivity contribution in [3.63, 3.8) is 0 Å². The summed E-state index contributed by atoms with van der Waals surface area (Å²) in [7, 11) is 5.72. The fourth-order valence-electron chi connectivity index (χ4n) is 2.94. The molecule has 0 unspecified atom stereocenters. The van der Waals surface area contributed by atoms with Gasteiger partial charge in [0, 0.05) is 18.7 Å². The number of nitrogens with zero attached hydrogens (tertiary/aromatic N) is 2. The number of aryl methyl sites for hydroxylation is 1. The second-order valence-electron chi connectivity index (χ2n) is 6.85. The van der Waals surface area contributed by atoms with E-state index < -0.39 is 0 Å². The Kier molecular flexibility index (Phi) is 6.44. The molecule has 6 heteroatoms. The molecule has 0 fully saturated rings. The van der Waals surface area contributed by atoms with Crippen LogP contribution in [0.5, 0.6) is 5.75 Å². The summed E-state index contributed by atoms with van der Waals surface area (Å²) in [5, 5.41) is 3.88. The summed E-state index contributed by atoms with van der Waals surface area (Å²) in [5.41, 5.74) is 4.06. The van der Waals surface area contributed by atoms with Crippen LogP contribution in [0.3, 0.4) is 0 Å². The summed E-state index contributed by atoms with van der Waals surface area (Å²) in [4.78, 5) is 20.1. The second kappa shape index (κ2) is 8.99. The zero-order valence-corrected chi connectivity index (χ0v) is 17.5. The van der Waals surface area contributed by atoms with Crippen LogP contribution in [0.2, 0.25) is 0 Å². The van der Waals surface area contributed by atoms with E-state index in [0.717, 1.165) is 34.1 Å². The average molecular weight is 396 g/mol. The highest BCUT2D eigenvalue weighted by atomic mass is 32.1. The number of benzene rings is 2. The summed E-state index contributed by atoms with van der Waals surface area (Å²) < 4.78 is 5.20. The van der Waals surface area contributed by atoms with Gasteiger partial charge in [-0.2, -0.15) is 0 Å². The summed E-state index contributed by atoms with van der Waals surface area (Å²) in [5.74, 6) is 0.709. The average Bonchev–Trinajstić information content (AvgIpc) is 3.08. The topological polar surface area (TPSA) is 54.5 Å². The number of aromatic nitrogens is 1. The summed E-state index contributed by atoms with van der Waals surface area (Å²) in [6, 6.07) is 15.9. The van der Waals surface area contributed by atoms with Crippen LogP contribution in [0.15, 0.2) is 48.5 Å². The smallest absolute Gasteiger partial charge is 0.263 e. The normalized spacial score (nSPS) is 10.9. The van der Waals surface area contributed by atoms with Crippen LogP contribution < -0.4 is 10.1 Å². The van der Waals surface area contributed by atoms with Gasteiger partial charge in [0.05, 0.1) is 12.8 Å². The van der Waals surface area contributed by atoms with Gasteiger partial charge in [-0.05, 0) is 56.4 Å². The number of thiazole rings is 1. The lowest BCUT2D eigenvalue weighted by molar-refractivity contribution is 0.0954. The van der Waals surface area contributed by atoms with E-state index in [1.165, 1.54) is 16.9 Å². The van der Waals surface area contributed by atoms with E-state index in [1.54, 1.807) is 7.11 Å². The standard InChI is InChI=1S/C22H25N3O2S/c1-15-20(28-22(24-15)16-9-11-19(27-4)12-10-16)21(26)23-13-17-7-5-6-8-18(17)14-25(2)3/h5-12H,13-14H2,1-4H3,(H,23,26). The van der Waals surface area contributed by atoms with Crippen LogP contribution in [0.1, 0.15) is 26.5 Å². The lowest BCUT2D eigenvalue weighted by Gasteiger charge is -2.14. The minimum Gasteiger partial charge on any atom is -0.497 e. The van der Waals surface area contributed by atoms with E-state index in [4.69, 9.17) is 4.74 Å². The number of ether oxygens (including phenoxy) is 1. The predicted molar refractivity (Wildman–Crippen MR) is 114 cm³/mol. The zero-order chi connectivity index (χ0) is 20.1. The van der Waals surface area contributed by atoms with Crippen molar-refractivity contribution in [2.75, 3.05) is 21.2 Å². The van der Waals surface area contributed by atoms with Gasteiger partial charge >= 0.3 is 0 Å². The molecule has 0 aliphatic heterocycles. The van der Waals surface area contributed by atoms with E-state index in [0.29, 0.717) is 11.4 Å². The molecule has 3 aromatic rings. The molecule has 2 aromatic carbocycles. The number of carbonyl (C=O) groups excluding carboxylic acids is 1. The van der Waals surface area contributed by atoms with E-state index in [1.807, 2.05) is 57.4 Å². The van der Waals surface area contributed by atoms with Gasteiger partial charge < -0.3 is 15.0 Å². The molecular formula is C22H25N3O2S. The highest BCUT2D eigenvalue weighted by Crippen LogP contribution is 2.29. The van der Waals surface area contributed by atoms with Gasteiger partial charge in [0.15, 0.2) is 0 Å². The number of rotatable bonds is 7. The van der Waals surface area contributed by atoms with Crippen LogP contribution in [0.4, 0.5) is 0 Å². The van der Waals surface area contributed by atoms with Crippen molar-refractivity contribution in [1.82, 2.24) is 15.2 Å². The monoisotopic (exact) mass is 395 g/mol. The summed E-state index contributed by atoms with van der Waals surface area (Å²) in [6.45, 7) is 3.21. The number of methoxy groups -OCH3 is 1. The van der Waals surface area contributed by atoms with Gasteiger partial charge in [-0.1, -0.05) is 24.3 Å². The Morgan fingerprint density at radius 1 is 1.11 bits per heavy atom. The van der Waals surface area contributed by atoms with Crippen LogP contribution in [-0.2, 0) is 13.1 Å². The highest BCUT2D eigenvalue weighted by Gasteiger charge is 2.16. The van der Waals surface area contributed by atoms with E-state index in [9.17, 15) is 4.79 Å². The minimum absolute atomic E-state index is 0.0885. The van der Waals surface area contributed by atoms with Crippen LogP contribution >= 0.6 is 11.3 Å². The number of amides is 1. The molecule has 0 saturated heterocycles. The fourth-order valence-corrected chi connectivity index (χ4v) is 3.93. The first kappa shape index (κ1) is 20.0. The molecule has 0 aliphatic carbocycles. The van der Waals surface area contributed by atoms with Gasteiger partial charge in [-0.3, -0.25) is 4.79 Å². The number of nitrogens with one attached hydrogen (secondary N) is 1. The van der Waals surface area contributed by atoms with Crippen molar-refractivity contribution in [2.24, 2.45) is 0 Å². The molecule has 5 nitrogen and oxygen atoms in total. The van der Waals surface area contributed by atoms with E-state index >= 15 is 0 Å². The molecule has 0 saturated carbocycles. The van der Waals surface area contributed by atoms with Crippen molar-refractivity contribution in [3.8, 4) is 16.3 Å². The maximum Gasteiger partial charge on any atom is 0.263 e. The van der Waals surface area contributed by atoms with Gasteiger partial charge in [0.25, 0.3) is 5.91 Å². The Hall–Kier alpha value is -2.70. The number of carbonyl (C=O) groups is 1. The number of hydrogen-bond acceptors (Lipinski definition) is 5. The zero-order valence-electron chi connectivity index (χ0n) is 16.7. The Labute approximate surface area is 170 Å². The first-order valence-corrected chi connectivity index (χ1v) is 9.91. The van der Waals surface area contributed by atoms with Gasteiger partial charge in [-0.15, -0.1) is 11.3 Å². The lowest BCUT2D eigenvalue weighted by Crippen LogP contribution is -2.24. The molecular weight excluding hydrogens is 370 g/mol. The van der Waals surface area contributed by atoms with E-state index in [2.05, 4.69) is 27.3 Å². The Balaban J connectivity index is 1.72. The Morgan fingerprint density at radius 2 is 1.79 bits per heavy atom. The predicted octanol–water partition coefficient (Wildman–Crippen LogP) is 4.12. The third-order valence-corrected chi connectivity index (χ3v) is 5.59. The quantitative estimate of drug-likeness (QED) is 0.654. The molecule has 28 heavy (non-hydrogen) atoms. The van der Waals surface area contributed by atoms with Crippen molar-refractivity contribution in [2.45, 2.75) is 20.0 Å². The Morgan fingerprint density at radius 3 is 2.43 bits per heavy atom. The Bertz CT molecular complexity index is 949. The van der Waals surface area contributed by atoms with Crippen molar-refractivity contribution in [3.05, 3.63) is 70.2 Å². The molecule has 0 aliphatic rings. The minimum atomic E-state index is -0.0885. The molecule has 0 spiro atoms. The largest absolute Gasteiger partial charge is 0.497 e. The summed E-state index contributed by atoms with van der Waals surface area (Å²) in [6.07, 6.45) is 0. The first-order chi connectivity index (χ1) is 13.5. The number of hydrogen-bond donors (Lipinski definition) is 1. The van der Waals surface area contributed by atoms with Crippen LogP contribution in [-0.4, -0.2) is 37.0 Å². The summed E-state index contributed by atoms with van der Waals surface area (Å²) >= 11 is 1.41. The van der Waals surface area contributed by atoms with Gasteiger partial charge in [0.1, 0.15) is 15.6 Å². The van der Waals surface area contributed by atoms with Crippen molar-refractivity contribution < 1.29 is 9.53 Å². The third kappa shape index (κ3) is 4.77. The molecule has 1 aromatic heterocycles. The molecule has 1 N–H and O–H groups in total. The van der Waals surface area contributed by atoms with Crippen LogP contribution in [0.25, 0.3) is 10.6 Å². The van der Waals surface area contributed by atoms with Gasteiger partial charge in [-0.25, -0.2) is 4.98 Å². The molecule has 0 radical (unpaired) electrons. The van der Waals surface area contributed by atoms with Crippen molar-refractivity contribution >= 4 is 17.2 Å². The maximum absolute atomic E-state index is 12.7. The van der Waals surface area contributed by atoms with E-state index in [-0.39, 0.29) is 5.91 Å². The molecule has 1 amide bonds. The lowest BCUT2D eigenvalue weighted by atomic mass is 10.1. The molecule has 0 atom stereocenters. The van der Waals surface area contributed by atoms with Crippen LogP contribution in [0, 0.1) is 6.92 Å². The molecule has 3 rings (SSSR count).